The van der Waals surface area contributed by atoms with E-state index in [4.69, 9.17) is 0 Å². The first kappa shape index (κ1) is 38.2. The van der Waals surface area contributed by atoms with E-state index in [-0.39, 0.29) is 53.0 Å². The van der Waals surface area contributed by atoms with Crippen LogP contribution < -0.4 is 26.5 Å². The van der Waals surface area contributed by atoms with Crippen LogP contribution in [0.5, 0.6) is 0 Å². The third kappa shape index (κ3) is 8.21. The number of amides is 4. The average Bonchev–Trinajstić information content (AvgIpc) is 3.11. The topological polar surface area (TPSA) is 182 Å². The van der Waals surface area contributed by atoms with Crippen LogP contribution >= 0.6 is 0 Å². The number of fused-ring (bicyclic) bond motifs is 1. The lowest BCUT2D eigenvalue weighted by Gasteiger charge is -2.44. The van der Waals surface area contributed by atoms with Gasteiger partial charge < -0.3 is 25.8 Å². The smallest absolute Gasteiger partial charge is 0.348 e. The molecule has 0 bridgehead atoms. The first-order valence-electron chi connectivity index (χ1n) is 17.1. The Morgan fingerprint density at radius 2 is 1.66 bits per heavy atom. The Kier molecular flexibility index (Phi) is 11.3. The fourth-order valence-electron chi connectivity index (χ4n) is 6.05. The van der Waals surface area contributed by atoms with Crippen molar-refractivity contribution < 1.29 is 28.0 Å². The summed E-state index contributed by atoms with van der Waals surface area (Å²) in [5, 5.41) is 7.79. The Bertz CT molecular complexity index is 2160. The molecule has 278 valence electrons. The number of nitrogens with zero attached hydrogens (tertiary/aromatic N) is 5. The van der Waals surface area contributed by atoms with E-state index in [1.54, 1.807) is 15.9 Å². The molecule has 1 aromatic carbocycles. The van der Waals surface area contributed by atoms with Gasteiger partial charge in [-0.25, -0.2) is 18.6 Å². The van der Waals surface area contributed by atoms with Crippen molar-refractivity contribution in [3.63, 3.8) is 0 Å². The lowest BCUT2D eigenvalue weighted by molar-refractivity contribution is -0.128. The number of hydrogen-bond donors (Lipinski definition) is 4. The third-order valence-electron chi connectivity index (χ3n) is 9.00. The van der Waals surface area contributed by atoms with Gasteiger partial charge in [-0.3, -0.25) is 29.1 Å². The molecule has 4 N–H and O–H groups in total. The second kappa shape index (κ2) is 15.7. The number of nitrogens with one attached hydrogen (secondary N) is 4. The molecule has 5 rings (SSSR count). The molecule has 53 heavy (non-hydrogen) atoms. The van der Waals surface area contributed by atoms with E-state index in [0.29, 0.717) is 17.8 Å². The van der Waals surface area contributed by atoms with E-state index in [0.717, 1.165) is 12.1 Å². The lowest BCUT2D eigenvalue weighted by atomic mass is 10.0. The highest BCUT2D eigenvalue weighted by molar-refractivity contribution is 6.02. The molecule has 1 saturated heterocycles. The van der Waals surface area contributed by atoms with Gasteiger partial charge in [-0.1, -0.05) is 26.5 Å². The van der Waals surface area contributed by atoms with Crippen molar-refractivity contribution in [1.29, 1.82) is 0 Å². The van der Waals surface area contributed by atoms with Crippen LogP contribution in [0.15, 0.2) is 60.0 Å². The van der Waals surface area contributed by atoms with Gasteiger partial charge in [0.1, 0.15) is 35.1 Å². The summed E-state index contributed by atoms with van der Waals surface area (Å²) in [6.07, 6.45) is 2.74. The minimum Gasteiger partial charge on any atom is -0.349 e. The van der Waals surface area contributed by atoms with Crippen molar-refractivity contribution in [1.82, 2.24) is 35.5 Å². The molecular formula is C37H41F2N9O5. The average molecular weight is 730 g/mol. The summed E-state index contributed by atoms with van der Waals surface area (Å²) in [4.78, 5) is 82.6. The number of aromatic amines is 1. The minimum absolute atomic E-state index is 0.0785. The van der Waals surface area contributed by atoms with Gasteiger partial charge in [0, 0.05) is 42.6 Å². The Morgan fingerprint density at radius 1 is 0.943 bits per heavy atom. The maximum absolute atomic E-state index is 16.0. The first-order valence-corrected chi connectivity index (χ1v) is 17.1. The summed E-state index contributed by atoms with van der Waals surface area (Å²) in [6, 6.07) is 5.16. The quantitative estimate of drug-likeness (QED) is 0.177. The summed E-state index contributed by atoms with van der Waals surface area (Å²) in [5.41, 5.74) is -0.859. The van der Waals surface area contributed by atoms with Crippen molar-refractivity contribution in [2.75, 3.05) is 23.3 Å². The normalized spacial score (nSPS) is 16.9. The van der Waals surface area contributed by atoms with Crippen molar-refractivity contribution in [3.8, 4) is 11.3 Å². The van der Waals surface area contributed by atoms with Gasteiger partial charge >= 0.3 is 5.69 Å². The molecule has 2 unspecified atom stereocenters. The first-order chi connectivity index (χ1) is 25.1. The lowest BCUT2D eigenvalue weighted by Crippen LogP contribution is -2.58. The predicted octanol–water partition coefficient (Wildman–Crippen LogP) is 3.66. The summed E-state index contributed by atoms with van der Waals surface area (Å²) >= 11 is 0. The standard InChI is InChI=1S/C37H41F2N9O5/c1-8-29(49)47-16-20(5)48(17-19(47)4)33-24-15-26(39)31(44-32(24)45-37(53)46-33)30-25(38)10-9-11-27(30)43-35(51)22(7)41-34(50)21(6)42-36(52)23-12-13-40-28(14-23)18(2)3/h8-15,18-22H,1,16-17H2,2-7H3,(H,41,50)(H,42,52)(H,43,51)(H,44,45,46,53)/t19-,20+,21?,22?/m1/s1. The molecule has 0 aliphatic carbocycles. The van der Waals surface area contributed by atoms with Gasteiger partial charge in [-0.2, -0.15) is 4.98 Å². The van der Waals surface area contributed by atoms with Crippen LogP contribution in [0.25, 0.3) is 22.3 Å². The zero-order valence-corrected chi connectivity index (χ0v) is 30.2. The second-order valence-electron chi connectivity index (χ2n) is 13.3. The number of halogens is 2. The number of benzene rings is 1. The maximum atomic E-state index is 16.0. The number of hydrogen-bond acceptors (Lipinski definition) is 9. The van der Waals surface area contributed by atoms with E-state index >= 15 is 8.78 Å². The molecule has 4 heterocycles. The molecule has 14 nitrogen and oxygen atoms in total. The molecule has 4 aromatic rings. The largest absolute Gasteiger partial charge is 0.349 e. The summed E-state index contributed by atoms with van der Waals surface area (Å²) in [7, 11) is 0. The highest BCUT2D eigenvalue weighted by Gasteiger charge is 2.33. The fraction of sp³-hybridized carbons (Fsp3) is 0.351. The van der Waals surface area contributed by atoms with Gasteiger partial charge in [0.05, 0.1) is 16.6 Å². The van der Waals surface area contributed by atoms with Gasteiger partial charge in [-0.05, 0) is 70.0 Å². The molecule has 4 atom stereocenters. The van der Waals surface area contributed by atoms with Crippen LogP contribution in [-0.2, 0) is 14.4 Å². The van der Waals surface area contributed by atoms with E-state index in [1.165, 1.54) is 44.3 Å². The Hall–Kier alpha value is -6.06. The Balaban J connectivity index is 1.36. The van der Waals surface area contributed by atoms with Gasteiger partial charge in [0.25, 0.3) is 5.91 Å². The summed E-state index contributed by atoms with van der Waals surface area (Å²) < 4.78 is 31.5. The van der Waals surface area contributed by atoms with Crippen LogP contribution in [0, 0.1) is 11.6 Å². The van der Waals surface area contributed by atoms with Gasteiger partial charge in [-0.15, -0.1) is 0 Å². The molecule has 1 fully saturated rings. The van der Waals surface area contributed by atoms with Crippen LogP contribution in [0.1, 0.15) is 63.5 Å². The molecule has 16 heteroatoms. The SMILES string of the molecule is C=CC(=O)N1C[C@H](C)N(c2nc(=O)[nH]c3nc(-c4c(F)cccc4NC(=O)C(C)NC(=O)C(C)NC(=O)c4ccnc(C(C)C)c4)c(F)cc23)C[C@H]1C. The fourth-order valence-corrected chi connectivity index (χ4v) is 6.05. The summed E-state index contributed by atoms with van der Waals surface area (Å²) in [5.74, 6) is -3.81. The molecule has 0 spiro atoms. The van der Waals surface area contributed by atoms with E-state index in [9.17, 15) is 24.0 Å². The zero-order chi connectivity index (χ0) is 38.7. The molecule has 3 aromatic heterocycles. The number of carbonyl (C=O) groups excluding carboxylic acids is 4. The van der Waals surface area contributed by atoms with E-state index < -0.39 is 58.4 Å². The molecule has 0 saturated carbocycles. The molecule has 4 amide bonds. The zero-order valence-electron chi connectivity index (χ0n) is 30.2. The second-order valence-corrected chi connectivity index (χ2v) is 13.3. The van der Waals surface area contributed by atoms with E-state index in [2.05, 4.69) is 42.5 Å². The number of H-pyrrole nitrogens is 1. The minimum atomic E-state index is -1.17. The molecule has 0 radical (unpaired) electrons. The number of anilines is 2. The Labute approximate surface area is 304 Å². The van der Waals surface area contributed by atoms with E-state index in [1.807, 2.05) is 27.7 Å². The van der Waals surface area contributed by atoms with Crippen LogP contribution in [0.4, 0.5) is 20.3 Å². The predicted molar refractivity (Wildman–Crippen MR) is 195 cm³/mol. The van der Waals surface area contributed by atoms with Crippen molar-refractivity contribution in [2.24, 2.45) is 0 Å². The van der Waals surface area contributed by atoms with Crippen molar-refractivity contribution in [3.05, 3.63) is 88.6 Å². The van der Waals surface area contributed by atoms with Crippen LogP contribution in [-0.4, -0.2) is 85.7 Å². The number of pyridine rings is 2. The molecular weight excluding hydrogens is 688 g/mol. The van der Waals surface area contributed by atoms with Crippen molar-refractivity contribution >= 4 is 46.2 Å². The van der Waals surface area contributed by atoms with Crippen LogP contribution in [0.3, 0.4) is 0 Å². The molecule has 1 aliphatic rings. The maximum Gasteiger partial charge on any atom is 0.348 e. The number of carbonyl (C=O) groups is 4. The van der Waals surface area contributed by atoms with Crippen molar-refractivity contribution in [2.45, 2.75) is 71.6 Å². The highest BCUT2D eigenvalue weighted by Crippen LogP contribution is 2.35. The monoisotopic (exact) mass is 729 g/mol. The summed E-state index contributed by atoms with van der Waals surface area (Å²) in [6.45, 7) is 14.5. The molecule has 1 aliphatic heterocycles. The van der Waals surface area contributed by atoms with Gasteiger partial charge in [0.15, 0.2) is 5.82 Å². The highest BCUT2D eigenvalue weighted by atomic mass is 19.1. The third-order valence-corrected chi connectivity index (χ3v) is 9.00. The number of piperazine rings is 1. The number of rotatable bonds is 10. The Morgan fingerprint density at radius 3 is 2.36 bits per heavy atom. The van der Waals surface area contributed by atoms with Gasteiger partial charge in [0.2, 0.25) is 17.7 Å². The van der Waals surface area contributed by atoms with Crippen LogP contribution in [0.2, 0.25) is 0 Å². The number of aromatic nitrogens is 4.